The second-order valence-electron chi connectivity index (χ2n) is 5.54. The number of carboxylic acids is 1. The van der Waals surface area contributed by atoms with Crippen LogP contribution in [0, 0.1) is 0 Å². The maximum Gasteiger partial charge on any atom is 1.00 e. The SMILES string of the molecule is CCOCC.O=S(=O)(O)O.O=[C-]CNCC(=O)[O-].[2H]C([2H])(CO)NC([2H])([2H])CO.[2H]C([2H])(NC([2H])([2H])C(=O)OC)C(C)=O.[2H]C1([2H])COCC([2H])([2H])N1.[AlH3].[H-].[Li+].[Na+].[Na+].[OH-]. The second kappa shape index (κ2) is 64.4. The van der Waals surface area contributed by atoms with E-state index < -0.39 is 80.3 Å². The molecule has 19 nitrogen and oxygen atoms in total. The van der Waals surface area contributed by atoms with Gasteiger partial charge in [-0.3, -0.25) is 25.0 Å². The van der Waals surface area contributed by atoms with Crippen molar-refractivity contribution in [1.82, 2.24) is 21.3 Å². The van der Waals surface area contributed by atoms with Crippen LogP contribution in [-0.2, 0) is 43.8 Å². The van der Waals surface area contributed by atoms with Crippen LogP contribution in [0.1, 0.15) is 38.6 Å². The van der Waals surface area contributed by atoms with Gasteiger partial charge in [0.15, 0.2) is 17.4 Å². The van der Waals surface area contributed by atoms with Gasteiger partial charge in [0.1, 0.15) is 5.78 Å². The molecular weight excluding hydrogens is 672 g/mol. The van der Waals surface area contributed by atoms with Gasteiger partial charge in [0.05, 0.1) is 58.0 Å². The minimum Gasteiger partial charge on any atom is -1.00 e. The van der Waals surface area contributed by atoms with Crippen LogP contribution in [0.3, 0.4) is 0 Å². The van der Waals surface area contributed by atoms with Crippen LogP contribution >= 0.6 is 0 Å². The Morgan fingerprint density at radius 2 is 1.48 bits per heavy atom. The fourth-order valence-corrected chi connectivity index (χ4v) is 1.07. The molecule has 24 heteroatoms. The first-order valence-electron chi connectivity index (χ1n) is 16.9. The molecule has 1 aliphatic rings. The quantitative estimate of drug-likeness (QED) is 0.0270. The third kappa shape index (κ3) is 129. The van der Waals surface area contributed by atoms with Crippen LogP contribution in [0.25, 0.3) is 0 Å². The van der Waals surface area contributed by atoms with Crippen molar-refractivity contribution in [3.63, 3.8) is 0 Å². The Bertz CT molecular complexity index is 1150. The van der Waals surface area contributed by atoms with Crippen molar-refractivity contribution in [2.45, 2.75) is 20.8 Å². The van der Waals surface area contributed by atoms with Crippen LogP contribution in [0.15, 0.2) is 0 Å². The standard InChI is InChI=1S/C6H11NO3.C4H6NO3.C4H11NO2.C4H9NO.C4H10O.Al.Li.2Na.H2O4S.H2O.4H/c1-5(8)3-7-4-6(9)10-2;6-2-1-5-3-4(7)8;6-3-1-5-2-4-7;1-3-6-4-2-5-1;1-3-5-4-2;;;;;1-5(2,3)4;;;;;/h7H,3-4H2,1-2H3;5H,1,3H2,(H,7,8);5-7H,1-4H2;5H,1-4H2;3-4H2,1-2H3;;;;;(H2,1,2,3,4);1H2;;;;/q;-1;;;;;3*+1;;;;;;-1/p-2/i3D2,4D2;;2*1D2,2D2;;;;;;;;;;;. The number of carbonyl (C=O) groups excluding carboxylic acids is 4. The molecule has 0 aromatic heterocycles. The topological polar surface area (TPSA) is 312 Å². The normalized spacial score (nSPS) is 17.5. The number of aliphatic hydroxyl groups excluding tert-OH is 2. The molecule has 0 aromatic rings. The number of ketones is 1. The summed E-state index contributed by atoms with van der Waals surface area (Å²) in [5.74, 6) is -3.44. The van der Waals surface area contributed by atoms with E-state index >= 15 is 0 Å². The van der Waals surface area contributed by atoms with Crippen LogP contribution in [-0.4, -0.2) is 173 Å². The zero-order chi connectivity index (χ0) is 43.5. The van der Waals surface area contributed by atoms with Crippen LogP contribution in [0.2, 0.25) is 0 Å². The molecule has 0 radical (unpaired) electrons. The molecule has 264 valence electrons. The maximum atomic E-state index is 10.8. The van der Waals surface area contributed by atoms with E-state index in [0.29, 0.717) is 0 Å². The Kier molecular flexibility index (Phi) is 57.9. The molecule has 1 heterocycles. The van der Waals surface area contributed by atoms with Gasteiger partial charge in [-0.05, 0) is 20.8 Å². The summed E-state index contributed by atoms with van der Waals surface area (Å²) in [5, 5.41) is 34.2. The van der Waals surface area contributed by atoms with Crippen molar-refractivity contribution >= 4 is 51.8 Å². The molecule has 1 aliphatic heterocycles. The van der Waals surface area contributed by atoms with Gasteiger partial charge < -0.3 is 67.3 Å². The van der Waals surface area contributed by atoms with E-state index in [1.54, 1.807) is 10.6 Å². The van der Waals surface area contributed by atoms with Crippen molar-refractivity contribution < 1.29 is 168 Å². The van der Waals surface area contributed by atoms with E-state index in [0.717, 1.165) is 27.2 Å². The van der Waals surface area contributed by atoms with Gasteiger partial charge in [-0.25, -0.2) is 0 Å². The zero-order valence-corrected chi connectivity index (χ0v) is 31.2. The van der Waals surface area contributed by atoms with Gasteiger partial charge in [-0.15, -0.1) is 6.54 Å². The van der Waals surface area contributed by atoms with Crippen molar-refractivity contribution in [2.75, 3.05) is 98.8 Å². The molecule has 46 heavy (non-hydrogen) atoms. The van der Waals surface area contributed by atoms with Gasteiger partial charge in [0, 0.05) is 56.7 Å². The molecule has 1 fully saturated rings. The Morgan fingerprint density at radius 1 is 1.04 bits per heavy atom. The zero-order valence-electron chi connectivity index (χ0n) is 39.4. The van der Waals surface area contributed by atoms with E-state index in [1.165, 1.54) is 6.29 Å². The summed E-state index contributed by atoms with van der Waals surface area (Å²) in [4.78, 5) is 40.5. The average molecular weight is 738 g/mol. The van der Waals surface area contributed by atoms with Crippen molar-refractivity contribution in [3.05, 3.63) is 0 Å². The maximum absolute atomic E-state index is 10.8. The minimum atomic E-state index is -4.67. The van der Waals surface area contributed by atoms with Crippen LogP contribution in [0.4, 0.5) is 0 Å². The summed E-state index contributed by atoms with van der Waals surface area (Å²) in [5.41, 5.74) is 0. The molecule has 0 unspecified atom stereocenters. The van der Waals surface area contributed by atoms with Crippen molar-refractivity contribution in [1.29, 1.82) is 0 Å². The van der Waals surface area contributed by atoms with E-state index in [9.17, 15) is 24.3 Å². The van der Waals surface area contributed by atoms with Crippen LogP contribution in [0.5, 0.6) is 0 Å². The Hall–Kier alpha value is 0.920. The number of hydrogen-bond donors (Lipinski definition) is 8. The largest absolute Gasteiger partial charge is 1.00 e. The number of nitrogens with one attached hydrogen (secondary N) is 4. The molecule has 0 saturated carbocycles. The number of hydrogen-bond acceptors (Lipinski definition) is 17. The second-order valence-corrected chi connectivity index (χ2v) is 6.43. The van der Waals surface area contributed by atoms with Crippen molar-refractivity contribution in [2.24, 2.45) is 0 Å². The summed E-state index contributed by atoms with van der Waals surface area (Å²) in [6.07, 6.45) is 1.47. The number of morpholine rings is 1. The molecule has 1 rings (SSSR count). The summed E-state index contributed by atoms with van der Waals surface area (Å²) in [6, 6.07) is 0. The molecule has 1 saturated heterocycles. The number of carboxylic acid groups (broad SMARTS) is 1. The first-order valence-corrected chi connectivity index (χ1v) is 12.3. The van der Waals surface area contributed by atoms with Gasteiger partial charge in [0.2, 0.25) is 0 Å². The smallest absolute Gasteiger partial charge is 1.00 e. The van der Waals surface area contributed by atoms with Gasteiger partial charge >= 0.3 is 94.3 Å². The monoisotopic (exact) mass is 737 g/mol. The number of rotatable bonds is 14. The molecule has 0 aliphatic carbocycles. The van der Waals surface area contributed by atoms with Gasteiger partial charge in [-0.2, -0.15) is 8.42 Å². The fraction of sp³-hybridized carbons (Fsp3) is 0.818. The predicted molar refractivity (Wildman–Crippen MR) is 159 cm³/mol. The number of aliphatic carboxylic acids is 1. The molecule has 9 N–H and O–H groups in total. The Balaban J connectivity index is -0.0000000526. The first kappa shape index (κ1) is 41.3. The summed E-state index contributed by atoms with van der Waals surface area (Å²) < 4.78 is 129. The first-order chi connectivity index (χ1) is 23.6. The summed E-state index contributed by atoms with van der Waals surface area (Å²) in [6.45, 7) is -8.81. The molecule has 0 bridgehead atoms. The third-order valence-corrected chi connectivity index (χ3v) is 2.32. The molecule has 0 amide bonds. The number of carbonyl (C=O) groups is 3. The predicted octanol–water partition coefficient (Wildman–Crippen LogP) is -14.9. The van der Waals surface area contributed by atoms with E-state index in [1.807, 2.05) is 13.8 Å². The Morgan fingerprint density at radius 3 is 1.72 bits per heavy atom. The van der Waals surface area contributed by atoms with Gasteiger partial charge in [0.25, 0.3) is 0 Å². The number of esters is 1. The van der Waals surface area contributed by atoms with E-state index in [2.05, 4.69) is 20.1 Å². The van der Waals surface area contributed by atoms with Crippen LogP contribution < -0.4 is 104 Å². The number of Topliss-reactive ketones (excluding diaryl/α,β-unsaturated/α-hetero) is 1. The Labute approximate surface area is 357 Å². The molecular formula is C22H53AlLiN4Na2O15S-. The average Bonchev–Trinajstić information content (AvgIpc) is 2.95. The fourth-order valence-electron chi connectivity index (χ4n) is 1.07. The number of aliphatic hydroxyl groups is 2. The number of ether oxygens (including phenoxy) is 3. The summed E-state index contributed by atoms with van der Waals surface area (Å²) >= 11 is 0. The molecule has 0 atom stereocenters. The van der Waals surface area contributed by atoms with E-state index in [4.69, 9.17) is 48.9 Å². The number of methoxy groups -OCH3 is 1. The minimum absolute atomic E-state index is 0. The summed E-state index contributed by atoms with van der Waals surface area (Å²) in [7, 11) is -3.70. The molecule has 0 aromatic carbocycles. The van der Waals surface area contributed by atoms with E-state index in [-0.39, 0.29) is 129 Å². The third-order valence-electron chi connectivity index (χ3n) is 2.32. The van der Waals surface area contributed by atoms with Crippen molar-refractivity contribution in [3.8, 4) is 0 Å². The molecule has 0 spiro atoms. The van der Waals surface area contributed by atoms with Gasteiger partial charge in [-0.1, -0.05) is 0 Å².